The molecular weight excluding hydrogens is 291 g/mol. The molecule has 4 heteroatoms. The number of para-hydroxylation sites is 1. The topological polar surface area (TPSA) is 29.3 Å². The molecule has 2 rings (SSSR count). The van der Waals surface area contributed by atoms with Crippen molar-refractivity contribution in [2.45, 2.75) is 19.5 Å². The smallest absolute Gasteiger partial charge is 0.0643 e. The van der Waals surface area contributed by atoms with Crippen LogP contribution in [0.15, 0.2) is 42.5 Å². The predicted octanol–water partition coefficient (Wildman–Crippen LogP) is 4.65. The SMILES string of the molecule is CC(c1cccc(Cl)c1)N(C)c1c(Cl)cccc1CN. The molecule has 20 heavy (non-hydrogen) atoms. The van der Waals surface area contributed by atoms with E-state index in [9.17, 15) is 0 Å². The fraction of sp³-hybridized carbons (Fsp3) is 0.250. The number of hydrogen-bond acceptors (Lipinski definition) is 2. The molecule has 2 aromatic rings. The number of nitrogens with two attached hydrogens (primary N) is 1. The van der Waals surface area contributed by atoms with Gasteiger partial charge in [0.05, 0.1) is 16.8 Å². The van der Waals surface area contributed by atoms with Gasteiger partial charge in [-0.25, -0.2) is 0 Å². The summed E-state index contributed by atoms with van der Waals surface area (Å²) in [5.74, 6) is 0. The molecule has 2 nitrogen and oxygen atoms in total. The summed E-state index contributed by atoms with van der Waals surface area (Å²) in [6.45, 7) is 2.58. The standard InChI is InChI=1S/C16H18Cl2N2/c1-11(12-5-3-7-14(17)9-12)20(2)16-13(10-19)6-4-8-15(16)18/h3-9,11H,10,19H2,1-2H3. The van der Waals surface area contributed by atoms with Crippen LogP contribution < -0.4 is 10.6 Å². The summed E-state index contributed by atoms with van der Waals surface area (Å²) in [6.07, 6.45) is 0. The fourth-order valence-electron chi connectivity index (χ4n) is 2.30. The third-order valence-electron chi connectivity index (χ3n) is 3.55. The number of anilines is 1. The summed E-state index contributed by atoms with van der Waals surface area (Å²) in [5, 5.41) is 1.45. The highest BCUT2D eigenvalue weighted by Crippen LogP contribution is 2.34. The van der Waals surface area contributed by atoms with E-state index < -0.39 is 0 Å². The highest BCUT2D eigenvalue weighted by Gasteiger charge is 2.17. The van der Waals surface area contributed by atoms with Gasteiger partial charge in [-0.05, 0) is 36.2 Å². The molecule has 0 heterocycles. The van der Waals surface area contributed by atoms with E-state index in [4.69, 9.17) is 28.9 Å². The molecule has 1 atom stereocenters. The minimum Gasteiger partial charge on any atom is -0.366 e. The van der Waals surface area contributed by atoms with Crippen molar-refractivity contribution in [3.8, 4) is 0 Å². The van der Waals surface area contributed by atoms with Crippen molar-refractivity contribution in [1.82, 2.24) is 0 Å². The largest absolute Gasteiger partial charge is 0.366 e. The summed E-state index contributed by atoms with van der Waals surface area (Å²) < 4.78 is 0. The van der Waals surface area contributed by atoms with Gasteiger partial charge >= 0.3 is 0 Å². The summed E-state index contributed by atoms with van der Waals surface area (Å²) >= 11 is 12.4. The highest BCUT2D eigenvalue weighted by atomic mass is 35.5. The Morgan fingerprint density at radius 3 is 2.50 bits per heavy atom. The summed E-state index contributed by atoms with van der Waals surface area (Å²) in [6, 6.07) is 13.8. The van der Waals surface area contributed by atoms with Crippen LogP contribution in [0.5, 0.6) is 0 Å². The molecule has 2 aromatic carbocycles. The van der Waals surface area contributed by atoms with Crippen molar-refractivity contribution < 1.29 is 0 Å². The molecule has 106 valence electrons. The average molecular weight is 309 g/mol. The van der Waals surface area contributed by atoms with Gasteiger partial charge in [0.15, 0.2) is 0 Å². The second kappa shape index (κ2) is 6.49. The van der Waals surface area contributed by atoms with E-state index in [0.29, 0.717) is 11.6 Å². The molecule has 2 N–H and O–H groups in total. The van der Waals surface area contributed by atoms with Crippen LogP contribution >= 0.6 is 23.2 Å². The zero-order valence-electron chi connectivity index (χ0n) is 11.6. The lowest BCUT2D eigenvalue weighted by molar-refractivity contribution is 0.735. The maximum atomic E-state index is 6.34. The van der Waals surface area contributed by atoms with Gasteiger partial charge in [-0.3, -0.25) is 0 Å². The summed E-state index contributed by atoms with van der Waals surface area (Å²) in [4.78, 5) is 2.14. The molecule has 0 spiro atoms. The fourth-order valence-corrected chi connectivity index (χ4v) is 2.83. The first-order valence-corrected chi connectivity index (χ1v) is 7.26. The number of nitrogens with zero attached hydrogens (tertiary/aromatic N) is 1. The van der Waals surface area contributed by atoms with Gasteiger partial charge < -0.3 is 10.6 Å². The van der Waals surface area contributed by atoms with Crippen molar-refractivity contribution in [2.24, 2.45) is 5.73 Å². The molecule has 1 unspecified atom stereocenters. The maximum absolute atomic E-state index is 6.34. The second-order valence-corrected chi connectivity index (χ2v) is 5.64. The number of benzene rings is 2. The van der Waals surface area contributed by atoms with Crippen LogP contribution in [-0.2, 0) is 6.54 Å². The van der Waals surface area contributed by atoms with E-state index in [-0.39, 0.29) is 6.04 Å². The Hall–Kier alpha value is -1.22. The lowest BCUT2D eigenvalue weighted by atomic mass is 10.0. The van der Waals surface area contributed by atoms with Gasteiger partial charge in [0.1, 0.15) is 0 Å². The number of halogens is 2. The van der Waals surface area contributed by atoms with E-state index in [1.165, 1.54) is 0 Å². The zero-order chi connectivity index (χ0) is 14.7. The Balaban J connectivity index is 2.38. The van der Waals surface area contributed by atoms with Crippen LogP contribution in [0.2, 0.25) is 10.0 Å². The van der Waals surface area contributed by atoms with Gasteiger partial charge in [0.2, 0.25) is 0 Å². The van der Waals surface area contributed by atoms with Crippen LogP contribution in [0, 0.1) is 0 Å². The molecule has 0 bridgehead atoms. The number of rotatable bonds is 4. The molecule has 0 aliphatic carbocycles. The van der Waals surface area contributed by atoms with Gasteiger partial charge in [-0.2, -0.15) is 0 Å². The summed E-state index contributed by atoms with van der Waals surface area (Å²) in [5.41, 5.74) is 8.97. The Morgan fingerprint density at radius 2 is 1.85 bits per heavy atom. The van der Waals surface area contributed by atoms with Gasteiger partial charge in [0, 0.05) is 18.6 Å². The van der Waals surface area contributed by atoms with Gasteiger partial charge in [-0.15, -0.1) is 0 Å². The van der Waals surface area contributed by atoms with Crippen LogP contribution in [0.1, 0.15) is 24.1 Å². The van der Waals surface area contributed by atoms with Crippen LogP contribution in [-0.4, -0.2) is 7.05 Å². The molecule has 0 saturated heterocycles. The quantitative estimate of drug-likeness (QED) is 0.891. The van der Waals surface area contributed by atoms with E-state index in [1.807, 2.05) is 43.4 Å². The lowest BCUT2D eigenvalue weighted by Crippen LogP contribution is -2.23. The highest BCUT2D eigenvalue weighted by molar-refractivity contribution is 6.33. The van der Waals surface area contributed by atoms with Crippen molar-refractivity contribution in [2.75, 3.05) is 11.9 Å². The monoisotopic (exact) mass is 308 g/mol. The Labute approximate surface area is 130 Å². The third kappa shape index (κ3) is 3.09. The van der Waals surface area contributed by atoms with Crippen LogP contribution in [0.3, 0.4) is 0 Å². The van der Waals surface area contributed by atoms with Crippen molar-refractivity contribution in [3.63, 3.8) is 0 Å². The molecule has 0 radical (unpaired) electrons. The molecule has 0 aliphatic heterocycles. The first-order valence-electron chi connectivity index (χ1n) is 6.50. The van der Waals surface area contributed by atoms with E-state index in [2.05, 4.69) is 17.9 Å². The normalized spacial score (nSPS) is 12.2. The summed E-state index contributed by atoms with van der Waals surface area (Å²) in [7, 11) is 2.02. The first-order chi connectivity index (χ1) is 9.54. The van der Waals surface area contributed by atoms with Crippen molar-refractivity contribution in [3.05, 3.63) is 63.6 Å². The Morgan fingerprint density at radius 1 is 1.15 bits per heavy atom. The second-order valence-electron chi connectivity index (χ2n) is 4.79. The van der Waals surface area contributed by atoms with Crippen LogP contribution in [0.25, 0.3) is 0 Å². The zero-order valence-corrected chi connectivity index (χ0v) is 13.1. The minimum atomic E-state index is 0.152. The Bertz CT molecular complexity index is 599. The molecular formula is C16H18Cl2N2. The Kier molecular flexibility index (Phi) is 4.92. The van der Waals surface area contributed by atoms with Gasteiger partial charge in [0.25, 0.3) is 0 Å². The minimum absolute atomic E-state index is 0.152. The molecule has 0 aromatic heterocycles. The van der Waals surface area contributed by atoms with E-state index >= 15 is 0 Å². The average Bonchev–Trinajstić information content (AvgIpc) is 2.45. The van der Waals surface area contributed by atoms with Gasteiger partial charge in [-0.1, -0.05) is 47.5 Å². The lowest BCUT2D eigenvalue weighted by Gasteiger charge is -2.30. The maximum Gasteiger partial charge on any atom is 0.0643 e. The predicted molar refractivity (Wildman–Crippen MR) is 87.6 cm³/mol. The van der Waals surface area contributed by atoms with Crippen LogP contribution in [0.4, 0.5) is 5.69 Å². The van der Waals surface area contributed by atoms with Crippen molar-refractivity contribution >= 4 is 28.9 Å². The van der Waals surface area contributed by atoms with Crippen molar-refractivity contribution in [1.29, 1.82) is 0 Å². The molecule has 0 saturated carbocycles. The van der Waals surface area contributed by atoms with E-state index in [0.717, 1.165) is 21.8 Å². The third-order valence-corrected chi connectivity index (χ3v) is 4.10. The number of hydrogen-bond donors (Lipinski definition) is 1. The first kappa shape index (κ1) is 15.2. The van der Waals surface area contributed by atoms with E-state index in [1.54, 1.807) is 0 Å². The molecule has 0 amide bonds. The molecule has 0 fully saturated rings. The molecule has 0 aliphatic rings.